The van der Waals surface area contributed by atoms with Gasteiger partial charge >= 0.3 is 24.2 Å². The number of alkyl carbamates (subject to hydrolysis) is 1. The molecule has 0 radical (unpaired) electrons. The third-order valence-corrected chi connectivity index (χ3v) is 4.85. The molecule has 0 spiro atoms. The fourth-order valence-corrected chi connectivity index (χ4v) is 3.31. The van der Waals surface area contributed by atoms with Gasteiger partial charge in [0.05, 0.1) is 7.11 Å². The maximum Gasteiger partial charge on any atom is 0.430 e. The number of hydrogen-bond acceptors (Lipinski definition) is 8. The summed E-state index contributed by atoms with van der Waals surface area (Å²) in [6, 6.07) is 2.64. The van der Waals surface area contributed by atoms with Crippen molar-refractivity contribution in [3.8, 4) is 0 Å². The number of benzene rings is 1. The van der Waals surface area contributed by atoms with Crippen LogP contribution in [0.5, 0.6) is 0 Å². The van der Waals surface area contributed by atoms with Crippen molar-refractivity contribution in [1.82, 2.24) is 10.6 Å². The van der Waals surface area contributed by atoms with Gasteiger partial charge in [0.15, 0.2) is 0 Å². The number of carbonyl (C=O) groups is 4. The predicted molar refractivity (Wildman–Crippen MR) is 129 cm³/mol. The molecule has 38 heavy (non-hydrogen) atoms. The second-order valence-electron chi connectivity index (χ2n) is 10.3. The average Bonchev–Trinajstić information content (AvgIpc) is 2.75. The molecule has 10 nitrogen and oxygen atoms in total. The highest BCUT2D eigenvalue weighted by Gasteiger charge is 2.63. The molecule has 1 aromatic rings. The van der Waals surface area contributed by atoms with Gasteiger partial charge in [-0.1, -0.05) is 30.3 Å². The van der Waals surface area contributed by atoms with Gasteiger partial charge < -0.3 is 29.6 Å². The van der Waals surface area contributed by atoms with Crippen LogP contribution in [-0.4, -0.2) is 67.6 Å². The Hall–Kier alpha value is -3.35. The van der Waals surface area contributed by atoms with Crippen molar-refractivity contribution in [1.29, 1.82) is 0 Å². The van der Waals surface area contributed by atoms with Crippen LogP contribution in [0.25, 0.3) is 0 Å². The third-order valence-electron chi connectivity index (χ3n) is 4.85. The summed E-state index contributed by atoms with van der Waals surface area (Å²) in [5, 5.41) is 4.22. The molecule has 0 bridgehead atoms. The van der Waals surface area contributed by atoms with Gasteiger partial charge in [0.1, 0.15) is 23.3 Å². The number of carbonyl (C=O) groups excluding carboxylic acids is 4. The largest absolute Gasteiger partial charge is 0.467 e. The summed E-state index contributed by atoms with van der Waals surface area (Å²) in [5.74, 6) is -3.95. The lowest BCUT2D eigenvalue weighted by Crippen LogP contribution is -2.60. The summed E-state index contributed by atoms with van der Waals surface area (Å²) >= 11 is 0. The molecule has 0 aromatic heterocycles. The number of methoxy groups -OCH3 is 2. The van der Waals surface area contributed by atoms with Crippen LogP contribution in [0.1, 0.15) is 53.5 Å². The number of esters is 2. The van der Waals surface area contributed by atoms with E-state index in [0.29, 0.717) is 7.11 Å². The first kappa shape index (κ1) is 32.7. The Kier molecular flexibility index (Phi) is 10.7. The molecule has 3 atom stereocenters. The van der Waals surface area contributed by atoms with E-state index in [0.717, 1.165) is 19.2 Å². The van der Waals surface area contributed by atoms with Gasteiger partial charge in [-0.2, -0.15) is 13.2 Å². The average molecular weight is 549 g/mol. The maximum atomic E-state index is 14.3. The Balaban J connectivity index is 3.44. The van der Waals surface area contributed by atoms with E-state index in [4.69, 9.17) is 14.2 Å². The molecule has 2 N–H and O–H groups in total. The van der Waals surface area contributed by atoms with Gasteiger partial charge in [0, 0.05) is 19.1 Å². The molecular weight excluding hydrogens is 513 g/mol. The van der Waals surface area contributed by atoms with Crippen LogP contribution < -0.4 is 10.6 Å². The van der Waals surface area contributed by atoms with Crippen molar-refractivity contribution in [2.24, 2.45) is 0 Å². The summed E-state index contributed by atoms with van der Waals surface area (Å²) in [6.45, 7) is 9.34. The standard InChI is InChI=1S/C25H35F3N2O8/c1-22(2,3)37-19(32)17(30-21(34)38-23(4,5)6)14-16(18(31)35-7)29-20(33)24(36-8,25(26,27)28)15-12-10-9-11-13-15/h9-13,16-17H,14H2,1-8H3,(H,29,33)(H,30,34)/t16-,17-,24-/m0/s1. The predicted octanol–water partition coefficient (Wildman–Crippen LogP) is 3.37. The van der Waals surface area contributed by atoms with Crippen LogP contribution in [0.15, 0.2) is 30.3 Å². The Morgan fingerprint density at radius 2 is 1.29 bits per heavy atom. The SMILES string of the molecule is COC(=O)[C@H](C[C@H](NC(=O)OC(C)(C)C)C(=O)OC(C)(C)C)NC(=O)[C@@](OC)(c1ccccc1)C(F)(F)F. The molecule has 214 valence electrons. The van der Waals surface area contributed by atoms with Crippen molar-refractivity contribution < 1.29 is 51.3 Å². The highest BCUT2D eigenvalue weighted by molar-refractivity contribution is 5.92. The van der Waals surface area contributed by atoms with Crippen molar-refractivity contribution >= 4 is 23.9 Å². The first-order chi connectivity index (χ1) is 17.3. The van der Waals surface area contributed by atoms with Crippen molar-refractivity contribution in [3.05, 3.63) is 35.9 Å². The number of halogens is 3. The number of nitrogens with one attached hydrogen (secondary N) is 2. The van der Waals surface area contributed by atoms with E-state index in [2.05, 4.69) is 10.1 Å². The maximum absolute atomic E-state index is 14.3. The van der Waals surface area contributed by atoms with Gasteiger partial charge in [0.25, 0.3) is 11.5 Å². The molecule has 2 amide bonds. The zero-order chi connectivity index (χ0) is 29.5. The van der Waals surface area contributed by atoms with Crippen LogP contribution in [0.2, 0.25) is 0 Å². The van der Waals surface area contributed by atoms with E-state index in [1.54, 1.807) is 41.5 Å². The Labute approximate surface area is 219 Å². The first-order valence-electron chi connectivity index (χ1n) is 11.6. The molecule has 0 saturated carbocycles. The minimum atomic E-state index is -5.26. The number of hydrogen-bond donors (Lipinski definition) is 2. The first-order valence-corrected chi connectivity index (χ1v) is 11.6. The van der Waals surface area contributed by atoms with Crippen LogP contribution >= 0.6 is 0 Å². The van der Waals surface area contributed by atoms with Crippen LogP contribution in [0.4, 0.5) is 18.0 Å². The summed E-state index contributed by atoms with van der Waals surface area (Å²) < 4.78 is 62.7. The van der Waals surface area contributed by atoms with Crippen LogP contribution in [0, 0.1) is 0 Å². The topological polar surface area (TPSA) is 129 Å². The molecule has 13 heteroatoms. The third kappa shape index (κ3) is 8.89. The van der Waals surface area contributed by atoms with Gasteiger partial charge in [0.2, 0.25) is 0 Å². The van der Waals surface area contributed by atoms with E-state index in [1.807, 2.05) is 5.32 Å². The number of amides is 2. The normalized spacial score (nSPS) is 15.3. The van der Waals surface area contributed by atoms with E-state index in [9.17, 15) is 32.3 Å². The molecule has 0 fully saturated rings. The fraction of sp³-hybridized carbons (Fsp3) is 0.600. The molecule has 0 unspecified atom stereocenters. The minimum absolute atomic E-state index is 0.549. The molecule has 0 aliphatic rings. The second kappa shape index (κ2) is 12.5. The summed E-state index contributed by atoms with van der Waals surface area (Å²) in [7, 11) is 1.64. The van der Waals surface area contributed by atoms with Gasteiger partial charge in [-0.3, -0.25) is 4.79 Å². The summed E-state index contributed by atoms with van der Waals surface area (Å²) in [4.78, 5) is 51.0. The van der Waals surface area contributed by atoms with E-state index >= 15 is 0 Å². The smallest absolute Gasteiger partial charge is 0.430 e. The fourth-order valence-electron chi connectivity index (χ4n) is 3.31. The molecule has 1 aromatic carbocycles. The lowest BCUT2D eigenvalue weighted by molar-refractivity contribution is -0.266. The molecule has 0 aliphatic heterocycles. The van der Waals surface area contributed by atoms with E-state index < -0.39 is 71.0 Å². The lowest BCUT2D eigenvalue weighted by atomic mass is 9.91. The second-order valence-corrected chi connectivity index (χ2v) is 10.3. The Morgan fingerprint density at radius 3 is 1.71 bits per heavy atom. The monoisotopic (exact) mass is 548 g/mol. The zero-order valence-electron chi connectivity index (χ0n) is 22.6. The molecule has 0 saturated heterocycles. The highest BCUT2D eigenvalue weighted by atomic mass is 19.4. The molecule has 0 heterocycles. The van der Waals surface area contributed by atoms with Crippen molar-refractivity contribution in [3.63, 3.8) is 0 Å². The van der Waals surface area contributed by atoms with Gasteiger partial charge in [-0.05, 0) is 41.5 Å². The summed E-state index contributed by atoms with van der Waals surface area (Å²) in [6.07, 6.45) is -7.04. The number of ether oxygens (including phenoxy) is 4. The van der Waals surface area contributed by atoms with Crippen LogP contribution in [-0.2, 0) is 38.9 Å². The van der Waals surface area contributed by atoms with Crippen molar-refractivity contribution in [2.75, 3.05) is 14.2 Å². The number of rotatable bonds is 9. The minimum Gasteiger partial charge on any atom is -0.467 e. The summed E-state index contributed by atoms with van der Waals surface area (Å²) in [5.41, 5.74) is -6.03. The molecule has 0 aliphatic carbocycles. The van der Waals surface area contributed by atoms with E-state index in [-0.39, 0.29) is 0 Å². The molecule has 1 rings (SSSR count). The van der Waals surface area contributed by atoms with Crippen molar-refractivity contribution in [2.45, 2.75) is 83.0 Å². The Morgan fingerprint density at radius 1 is 0.789 bits per heavy atom. The van der Waals surface area contributed by atoms with Crippen LogP contribution in [0.3, 0.4) is 0 Å². The number of alkyl halides is 3. The van der Waals surface area contributed by atoms with Gasteiger partial charge in [-0.15, -0.1) is 0 Å². The van der Waals surface area contributed by atoms with E-state index in [1.165, 1.54) is 18.2 Å². The lowest BCUT2D eigenvalue weighted by Gasteiger charge is -2.35. The molecular formula is C25H35F3N2O8. The zero-order valence-corrected chi connectivity index (χ0v) is 22.6. The highest BCUT2D eigenvalue weighted by Crippen LogP contribution is 2.42. The van der Waals surface area contributed by atoms with Gasteiger partial charge in [-0.25, -0.2) is 14.4 Å². The Bertz CT molecular complexity index is 987. The quantitative estimate of drug-likeness (QED) is 0.355.